The second-order valence-corrected chi connectivity index (χ2v) is 7.52. The summed E-state index contributed by atoms with van der Waals surface area (Å²) < 4.78 is 2.07. The first kappa shape index (κ1) is 18.4. The van der Waals surface area contributed by atoms with Gasteiger partial charge in [0.1, 0.15) is 0 Å². The third kappa shape index (κ3) is 5.30. The largest absolute Gasteiger partial charge is 0.309 e. The van der Waals surface area contributed by atoms with Gasteiger partial charge in [0, 0.05) is 49.0 Å². The van der Waals surface area contributed by atoms with Gasteiger partial charge in [-0.1, -0.05) is 30.7 Å². The highest BCUT2D eigenvalue weighted by atomic mass is 35.5. The van der Waals surface area contributed by atoms with Crippen LogP contribution in [0.1, 0.15) is 43.0 Å². The number of likely N-dealkylation sites (tertiary alicyclic amines) is 1. The molecule has 4 nitrogen and oxygen atoms in total. The van der Waals surface area contributed by atoms with Crippen molar-refractivity contribution in [3.63, 3.8) is 0 Å². The molecule has 0 saturated carbocycles. The zero-order chi connectivity index (χ0) is 17.6. The number of halogens is 1. The predicted octanol–water partition coefficient (Wildman–Crippen LogP) is 4.01. The van der Waals surface area contributed by atoms with E-state index in [2.05, 4.69) is 52.2 Å². The Morgan fingerprint density at radius 2 is 2.08 bits per heavy atom. The molecule has 1 fully saturated rings. The molecule has 1 aromatic heterocycles. The second-order valence-electron chi connectivity index (χ2n) is 7.08. The summed E-state index contributed by atoms with van der Waals surface area (Å²) in [5.74, 6) is 0. The van der Waals surface area contributed by atoms with E-state index in [1.165, 1.54) is 30.5 Å². The summed E-state index contributed by atoms with van der Waals surface area (Å²) >= 11 is 5.98. The van der Waals surface area contributed by atoms with E-state index in [1.54, 1.807) is 0 Å². The first-order chi connectivity index (χ1) is 12.1. The maximum absolute atomic E-state index is 5.98. The quantitative estimate of drug-likeness (QED) is 0.809. The van der Waals surface area contributed by atoms with Crippen LogP contribution in [0.25, 0.3) is 0 Å². The molecular weight excluding hydrogens is 332 g/mol. The van der Waals surface area contributed by atoms with Crippen LogP contribution in [0.5, 0.6) is 0 Å². The number of hydrogen-bond acceptors (Lipinski definition) is 3. The van der Waals surface area contributed by atoms with E-state index in [9.17, 15) is 0 Å². The maximum atomic E-state index is 5.98. The highest BCUT2D eigenvalue weighted by molar-refractivity contribution is 6.30. The Kier molecular flexibility index (Phi) is 6.51. The maximum Gasteiger partial charge on any atom is 0.0638 e. The van der Waals surface area contributed by atoms with Crippen molar-refractivity contribution in [1.82, 2.24) is 20.0 Å². The molecule has 2 heterocycles. The minimum atomic E-state index is 0.551. The van der Waals surface area contributed by atoms with Crippen LogP contribution in [0.4, 0.5) is 0 Å². The molecule has 1 N–H and O–H groups in total. The zero-order valence-corrected chi connectivity index (χ0v) is 16.1. The number of piperidine rings is 1. The van der Waals surface area contributed by atoms with Gasteiger partial charge in [0.15, 0.2) is 0 Å². The Morgan fingerprint density at radius 3 is 2.84 bits per heavy atom. The van der Waals surface area contributed by atoms with Gasteiger partial charge in [0.05, 0.1) is 5.69 Å². The molecule has 1 atom stereocenters. The molecule has 3 rings (SSSR count). The fourth-order valence-electron chi connectivity index (χ4n) is 3.54. The number of benzene rings is 1. The zero-order valence-electron chi connectivity index (χ0n) is 15.3. The van der Waals surface area contributed by atoms with Crippen LogP contribution < -0.4 is 5.32 Å². The molecule has 0 unspecified atom stereocenters. The van der Waals surface area contributed by atoms with Crippen LogP contribution in [0.3, 0.4) is 0 Å². The molecule has 5 heteroatoms. The summed E-state index contributed by atoms with van der Waals surface area (Å²) in [5, 5.41) is 9.15. The lowest BCUT2D eigenvalue weighted by Crippen LogP contribution is -2.45. The minimum absolute atomic E-state index is 0.551. The lowest BCUT2D eigenvalue weighted by molar-refractivity contribution is 0.182. The SMILES string of the molecule is CCCn1cc(CN[C@H]2CCCN(Cc3ccc(Cl)cc3)C2)c(C)n1. The van der Waals surface area contributed by atoms with Crippen molar-refractivity contribution in [2.75, 3.05) is 13.1 Å². The summed E-state index contributed by atoms with van der Waals surface area (Å²) in [6.07, 6.45) is 5.81. The molecule has 136 valence electrons. The number of rotatable bonds is 7. The van der Waals surface area contributed by atoms with E-state index in [4.69, 9.17) is 11.6 Å². The van der Waals surface area contributed by atoms with Gasteiger partial charge in [0.2, 0.25) is 0 Å². The molecule has 1 aliphatic rings. The number of aryl methyl sites for hydroxylation is 2. The summed E-state index contributed by atoms with van der Waals surface area (Å²) in [5.41, 5.74) is 3.81. The van der Waals surface area contributed by atoms with Gasteiger partial charge in [-0.25, -0.2) is 0 Å². The van der Waals surface area contributed by atoms with Crippen LogP contribution in [0, 0.1) is 6.92 Å². The molecule has 1 aromatic carbocycles. The fraction of sp³-hybridized carbons (Fsp3) is 0.550. The van der Waals surface area contributed by atoms with Crippen molar-refractivity contribution in [2.45, 2.75) is 58.8 Å². The van der Waals surface area contributed by atoms with Crippen molar-refractivity contribution in [2.24, 2.45) is 0 Å². The van der Waals surface area contributed by atoms with Crippen molar-refractivity contribution < 1.29 is 0 Å². The topological polar surface area (TPSA) is 33.1 Å². The van der Waals surface area contributed by atoms with Gasteiger partial charge in [-0.05, 0) is 50.4 Å². The summed E-state index contributed by atoms with van der Waals surface area (Å²) in [6, 6.07) is 8.77. The summed E-state index contributed by atoms with van der Waals surface area (Å²) in [4.78, 5) is 2.54. The molecule has 0 amide bonds. The minimum Gasteiger partial charge on any atom is -0.309 e. The standard InChI is InChI=1S/C20H29ClN4/c1-3-10-25-14-18(16(2)23-25)12-22-20-5-4-11-24(15-20)13-17-6-8-19(21)9-7-17/h6-9,14,20,22H,3-5,10-13,15H2,1-2H3/t20-/m0/s1. The average molecular weight is 361 g/mol. The Balaban J connectivity index is 1.50. The van der Waals surface area contributed by atoms with Gasteiger partial charge in [-0.2, -0.15) is 5.10 Å². The highest BCUT2D eigenvalue weighted by Crippen LogP contribution is 2.16. The molecule has 25 heavy (non-hydrogen) atoms. The molecule has 0 radical (unpaired) electrons. The normalized spacial score (nSPS) is 18.6. The van der Waals surface area contributed by atoms with Crippen LogP contribution >= 0.6 is 11.6 Å². The molecule has 0 aliphatic carbocycles. The second kappa shape index (κ2) is 8.84. The number of nitrogens with one attached hydrogen (secondary N) is 1. The van der Waals surface area contributed by atoms with Crippen molar-refractivity contribution in [3.05, 3.63) is 52.3 Å². The smallest absolute Gasteiger partial charge is 0.0638 e. The molecule has 0 bridgehead atoms. The van der Waals surface area contributed by atoms with Crippen LogP contribution in [-0.4, -0.2) is 33.8 Å². The first-order valence-electron chi connectivity index (χ1n) is 9.37. The molecule has 1 aliphatic heterocycles. The number of hydrogen-bond donors (Lipinski definition) is 1. The Bertz CT molecular complexity index is 665. The van der Waals surface area contributed by atoms with Crippen LogP contribution in [0.15, 0.2) is 30.5 Å². The van der Waals surface area contributed by atoms with Crippen molar-refractivity contribution in [1.29, 1.82) is 0 Å². The van der Waals surface area contributed by atoms with Gasteiger partial charge < -0.3 is 5.32 Å². The van der Waals surface area contributed by atoms with Gasteiger partial charge >= 0.3 is 0 Å². The van der Waals surface area contributed by atoms with E-state index in [1.807, 2.05) is 12.1 Å². The van der Waals surface area contributed by atoms with Crippen LogP contribution in [0.2, 0.25) is 5.02 Å². The van der Waals surface area contributed by atoms with Crippen LogP contribution in [-0.2, 0) is 19.6 Å². The Labute approximate surface area is 156 Å². The lowest BCUT2D eigenvalue weighted by Gasteiger charge is -2.33. The van der Waals surface area contributed by atoms with E-state index >= 15 is 0 Å². The number of aromatic nitrogens is 2. The van der Waals surface area contributed by atoms with Gasteiger partial charge in [0.25, 0.3) is 0 Å². The van der Waals surface area contributed by atoms with E-state index in [0.717, 1.165) is 43.3 Å². The monoisotopic (exact) mass is 360 g/mol. The van der Waals surface area contributed by atoms with E-state index in [-0.39, 0.29) is 0 Å². The Morgan fingerprint density at radius 1 is 1.28 bits per heavy atom. The van der Waals surface area contributed by atoms with E-state index < -0.39 is 0 Å². The summed E-state index contributed by atoms with van der Waals surface area (Å²) in [6.45, 7) is 9.49. The summed E-state index contributed by atoms with van der Waals surface area (Å²) in [7, 11) is 0. The van der Waals surface area contributed by atoms with Crippen molar-refractivity contribution in [3.8, 4) is 0 Å². The van der Waals surface area contributed by atoms with Crippen molar-refractivity contribution >= 4 is 11.6 Å². The fourth-order valence-corrected chi connectivity index (χ4v) is 3.67. The van der Waals surface area contributed by atoms with Gasteiger partial charge in [-0.3, -0.25) is 9.58 Å². The Hall–Kier alpha value is -1.36. The molecule has 1 saturated heterocycles. The van der Waals surface area contributed by atoms with Gasteiger partial charge in [-0.15, -0.1) is 0 Å². The third-order valence-corrected chi connectivity index (χ3v) is 5.16. The highest BCUT2D eigenvalue weighted by Gasteiger charge is 2.20. The average Bonchev–Trinajstić information content (AvgIpc) is 2.95. The van der Waals surface area contributed by atoms with E-state index in [0.29, 0.717) is 6.04 Å². The predicted molar refractivity (Wildman–Crippen MR) is 104 cm³/mol. The lowest BCUT2D eigenvalue weighted by atomic mass is 10.0. The third-order valence-electron chi connectivity index (χ3n) is 4.91. The molecular formula is C20H29ClN4. The molecule has 0 spiro atoms. The molecule has 2 aromatic rings. The number of nitrogens with zero attached hydrogens (tertiary/aromatic N) is 3. The first-order valence-corrected chi connectivity index (χ1v) is 9.75.